The summed E-state index contributed by atoms with van der Waals surface area (Å²) in [4.78, 5) is 28.0. The lowest BCUT2D eigenvalue weighted by molar-refractivity contribution is -0.121. The molecule has 0 aromatic heterocycles. The van der Waals surface area contributed by atoms with Gasteiger partial charge in [0, 0.05) is 13.0 Å². The van der Waals surface area contributed by atoms with Crippen molar-refractivity contribution in [2.24, 2.45) is 10.9 Å². The number of rotatable bonds is 6. The second kappa shape index (κ2) is 8.36. The van der Waals surface area contributed by atoms with Crippen LogP contribution in [0, 0.1) is 5.92 Å². The van der Waals surface area contributed by atoms with Gasteiger partial charge >= 0.3 is 0 Å². The molecule has 7 heteroatoms. The lowest BCUT2D eigenvalue weighted by Gasteiger charge is -2.11. The van der Waals surface area contributed by atoms with Gasteiger partial charge < -0.3 is 10.6 Å². The van der Waals surface area contributed by atoms with Crippen LogP contribution in [0.25, 0.3) is 0 Å². The van der Waals surface area contributed by atoms with Gasteiger partial charge in [-0.05, 0) is 18.1 Å². The molecule has 0 saturated carbocycles. The summed E-state index contributed by atoms with van der Waals surface area (Å²) in [6.07, 6.45) is 1.13. The van der Waals surface area contributed by atoms with E-state index < -0.39 is 5.25 Å². The number of benzene rings is 1. The Kier molecular flexibility index (Phi) is 6.47. The first-order chi connectivity index (χ1) is 11.0. The quantitative estimate of drug-likeness (QED) is 0.823. The highest BCUT2D eigenvalue weighted by atomic mass is 35.5. The Morgan fingerprint density at radius 1 is 1.43 bits per heavy atom. The van der Waals surface area contributed by atoms with E-state index >= 15 is 0 Å². The van der Waals surface area contributed by atoms with E-state index in [1.807, 2.05) is 0 Å². The van der Waals surface area contributed by atoms with Gasteiger partial charge in [-0.15, -0.1) is 0 Å². The van der Waals surface area contributed by atoms with Crippen LogP contribution < -0.4 is 10.6 Å². The molecule has 0 aliphatic carbocycles. The number of thioether (sulfide) groups is 1. The molecule has 1 aromatic rings. The summed E-state index contributed by atoms with van der Waals surface area (Å²) in [6.45, 7) is 5.01. The molecular formula is C16H20ClN3O2S. The van der Waals surface area contributed by atoms with Crippen LogP contribution in [-0.4, -0.2) is 28.8 Å². The van der Waals surface area contributed by atoms with E-state index in [4.69, 9.17) is 11.6 Å². The van der Waals surface area contributed by atoms with Crippen LogP contribution in [0.15, 0.2) is 29.3 Å². The lowest BCUT2D eigenvalue weighted by Crippen LogP contribution is -2.25. The van der Waals surface area contributed by atoms with Crippen molar-refractivity contribution in [1.82, 2.24) is 5.32 Å². The van der Waals surface area contributed by atoms with Crippen LogP contribution in [0.3, 0.4) is 0 Å². The first-order valence-electron chi connectivity index (χ1n) is 7.57. The van der Waals surface area contributed by atoms with Crippen LogP contribution in [-0.2, 0) is 9.59 Å². The highest BCUT2D eigenvalue weighted by Crippen LogP contribution is 2.26. The molecule has 1 heterocycles. The Bertz CT molecular complexity index is 621. The summed E-state index contributed by atoms with van der Waals surface area (Å²) >= 11 is 7.31. The number of nitrogens with zero attached hydrogens (tertiary/aromatic N) is 1. The number of hydrogen-bond acceptors (Lipinski definition) is 4. The fourth-order valence-electron chi connectivity index (χ4n) is 1.93. The average Bonchev–Trinajstić information content (AvgIpc) is 2.87. The van der Waals surface area contributed by atoms with E-state index in [1.165, 1.54) is 11.8 Å². The third-order valence-electron chi connectivity index (χ3n) is 3.56. The zero-order valence-corrected chi connectivity index (χ0v) is 14.7. The Balaban J connectivity index is 1.84. The molecule has 124 valence electrons. The number of halogens is 1. The van der Waals surface area contributed by atoms with Crippen LogP contribution >= 0.6 is 23.4 Å². The van der Waals surface area contributed by atoms with Crippen molar-refractivity contribution >= 4 is 46.0 Å². The van der Waals surface area contributed by atoms with E-state index in [0.29, 0.717) is 21.8 Å². The van der Waals surface area contributed by atoms with Crippen LogP contribution in [0.1, 0.15) is 26.7 Å². The van der Waals surface area contributed by atoms with Gasteiger partial charge in [0.2, 0.25) is 5.91 Å². The minimum Gasteiger partial charge on any atom is -0.364 e. The number of amidine groups is 1. The predicted molar refractivity (Wildman–Crippen MR) is 96.0 cm³/mol. The Hall–Kier alpha value is -1.53. The molecule has 2 unspecified atom stereocenters. The number of hydrogen-bond donors (Lipinski definition) is 2. The van der Waals surface area contributed by atoms with Crippen molar-refractivity contribution in [2.75, 3.05) is 11.9 Å². The molecule has 0 fully saturated rings. The van der Waals surface area contributed by atoms with Crippen LogP contribution in [0.4, 0.5) is 5.69 Å². The fraction of sp³-hybridized carbons (Fsp3) is 0.438. The van der Waals surface area contributed by atoms with E-state index in [2.05, 4.69) is 29.5 Å². The highest BCUT2D eigenvalue weighted by molar-refractivity contribution is 8.15. The number of para-hydroxylation sites is 1. The zero-order valence-electron chi connectivity index (χ0n) is 13.1. The van der Waals surface area contributed by atoms with Gasteiger partial charge in [0.15, 0.2) is 5.17 Å². The second-order valence-electron chi connectivity index (χ2n) is 5.49. The van der Waals surface area contributed by atoms with Gasteiger partial charge in [-0.1, -0.05) is 55.8 Å². The standard InChI is InChI=1S/C16H20ClN3O2S/c1-3-10(2)9-18-16-20-15(22)13(23-16)8-14(21)19-12-7-5-4-6-11(12)17/h4-7,10,13H,3,8-9H2,1-2H3,(H,19,21)(H,18,20,22). The largest absolute Gasteiger partial charge is 0.364 e. The molecular weight excluding hydrogens is 334 g/mol. The van der Waals surface area contributed by atoms with E-state index in [0.717, 1.165) is 13.0 Å². The van der Waals surface area contributed by atoms with Crippen LogP contribution in [0.5, 0.6) is 0 Å². The minimum absolute atomic E-state index is 0.0761. The molecule has 2 rings (SSSR count). The number of amides is 2. The summed E-state index contributed by atoms with van der Waals surface area (Å²) in [5.74, 6) is -0.00532. The maximum Gasteiger partial charge on any atom is 0.262 e. The highest BCUT2D eigenvalue weighted by Gasteiger charge is 2.30. The van der Waals surface area contributed by atoms with Crippen molar-refractivity contribution < 1.29 is 9.59 Å². The summed E-state index contributed by atoms with van der Waals surface area (Å²) < 4.78 is 0. The summed E-state index contributed by atoms with van der Waals surface area (Å²) in [7, 11) is 0. The smallest absolute Gasteiger partial charge is 0.262 e. The molecule has 1 aliphatic heterocycles. The van der Waals surface area contributed by atoms with Crippen molar-refractivity contribution in [1.29, 1.82) is 0 Å². The third-order valence-corrected chi connectivity index (χ3v) is 5.00. The van der Waals surface area contributed by atoms with Gasteiger partial charge in [0.25, 0.3) is 5.91 Å². The molecule has 1 aromatic carbocycles. The number of aliphatic imine (C=N–C) groups is 1. The first-order valence-corrected chi connectivity index (χ1v) is 8.82. The van der Waals surface area contributed by atoms with Gasteiger partial charge in [0.05, 0.1) is 10.7 Å². The van der Waals surface area contributed by atoms with Crippen molar-refractivity contribution in [2.45, 2.75) is 31.9 Å². The van der Waals surface area contributed by atoms with Crippen LogP contribution in [0.2, 0.25) is 5.02 Å². The summed E-state index contributed by atoms with van der Waals surface area (Å²) in [5, 5.41) is 6.49. The number of nitrogens with one attached hydrogen (secondary N) is 2. The van der Waals surface area contributed by atoms with Gasteiger partial charge in [0.1, 0.15) is 5.25 Å². The zero-order chi connectivity index (χ0) is 16.8. The number of anilines is 1. The first kappa shape index (κ1) is 17.8. The maximum atomic E-state index is 12.1. The SMILES string of the molecule is CCC(C)CNC1=NC(=O)C(CC(=O)Nc2ccccc2Cl)S1. The normalized spacial score (nSPS) is 18.5. The topological polar surface area (TPSA) is 70.6 Å². The third kappa shape index (κ3) is 5.25. The molecule has 0 saturated heterocycles. The van der Waals surface area contributed by atoms with Crippen molar-refractivity contribution in [3.63, 3.8) is 0 Å². The molecule has 2 N–H and O–H groups in total. The van der Waals surface area contributed by atoms with Gasteiger partial charge in [-0.25, -0.2) is 0 Å². The predicted octanol–water partition coefficient (Wildman–Crippen LogP) is 3.30. The second-order valence-corrected chi connectivity index (χ2v) is 7.09. The van der Waals surface area contributed by atoms with Crippen molar-refractivity contribution in [3.05, 3.63) is 29.3 Å². The van der Waals surface area contributed by atoms with E-state index in [-0.39, 0.29) is 18.2 Å². The molecule has 23 heavy (non-hydrogen) atoms. The molecule has 1 aliphatic rings. The van der Waals surface area contributed by atoms with Gasteiger partial charge in [-0.3, -0.25) is 9.59 Å². The molecule has 5 nitrogen and oxygen atoms in total. The number of carbonyl (C=O) groups is 2. The molecule has 0 spiro atoms. The monoisotopic (exact) mass is 353 g/mol. The molecule has 2 amide bonds. The Morgan fingerprint density at radius 3 is 2.87 bits per heavy atom. The van der Waals surface area contributed by atoms with Gasteiger partial charge in [-0.2, -0.15) is 4.99 Å². The Labute approximate surface area is 145 Å². The molecule has 2 atom stereocenters. The van der Waals surface area contributed by atoms with E-state index in [9.17, 15) is 9.59 Å². The summed E-state index contributed by atoms with van der Waals surface area (Å²) in [5.41, 5.74) is 0.547. The lowest BCUT2D eigenvalue weighted by atomic mass is 10.1. The average molecular weight is 354 g/mol. The molecule has 0 radical (unpaired) electrons. The Morgan fingerprint density at radius 2 is 2.17 bits per heavy atom. The van der Waals surface area contributed by atoms with Crippen molar-refractivity contribution in [3.8, 4) is 0 Å². The number of carbonyl (C=O) groups excluding carboxylic acids is 2. The maximum absolute atomic E-state index is 12.1. The van der Waals surface area contributed by atoms with E-state index in [1.54, 1.807) is 24.3 Å². The summed E-state index contributed by atoms with van der Waals surface area (Å²) in [6, 6.07) is 7.00. The molecule has 0 bridgehead atoms. The fourth-order valence-corrected chi connectivity index (χ4v) is 3.08. The minimum atomic E-state index is -0.475.